The number of nitrogens with one attached hydrogen (secondary N) is 3. The van der Waals surface area contributed by atoms with Gasteiger partial charge in [0, 0.05) is 13.3 Å². The number of esters is 2. The van der Waals surface area contributed by atoms with Crippen LogP contribution in [-0.2, 0) is 57.2 Å². The van der Waals surface area contributed by atoms with E-state index in [1.807, 2.05) is 0 Å². The van der Waals surface area contributed by atoms with E-state index in [0.29, 0.717) is 12.8 Å². The molecule has 69 heavy (non-hydrogen) atoms. The van der Waals surface area contributed by atoms with Gasteiger partial charge in [-0.15, -0.1) is 0 Å². The van der Waals surface area contributed by atoms with E-state index in [9.17, 15) is 28.8 Å². The minimum absolute atomic E-state index is 0.0638. The fraction of sp³-hybridized carbons (Fsp3) is 0.887. The van der Waals surface area contributed by atoms with E-state index in [2.05, 4.69) is 34.5 Å². The van der Waals surface area contributed by atoms with Crippen LogP contribution >= 0.6 is 0 Å². The lowest BCUT2D eigenvalue weighted by molar-refractivity contribution is -0.370. The lowest BCUT2D eigenvalue weighted by atomic mass is 9.93. The summed E-state index contributed by atoms with van der Waals surface area (Å²) in [6.45, 7) is 12.3. The van der Waals surface area contributed by atoms with Crippen molar-refractivity contribution in [2.24, 2.45) is 11.7 Å². The van der Waals surface area contributed by atoms with Crippen LogP contribution in [0.5, 0.6) is 0 Å². The van der Waals surface area contributed by atoms with Crippen LogP contribution in [0.1, 0.15) is 228 Å². The van der Waals surface area contributed by atoms with Crippen LogP contribution in [0.25, 0.3) is 0 Å². The van der Waals surface area contributed by atoms with Gasteiger partial charge >= 0.3 is 11.9 Å². The number of nitrogens with two attached hydrogens (primary N) is 1. The van der Waals surface area contributed by atoms with E-state index >= 15 is 0 Å². The van der Waals surface area contributed by atoms with Crippen LogP contribution < -0.4 is 21.7 Å². The van der Waals surface area contributed by atoms with Crippen molar-refractivity contribution in [1.29, 1.82) is 0 Å². The second-order valence-electron chi connectivity index (χ2n) is 20.1. The summed E-state index contributed by atoms with van der Waals surface area (Å²) in [5.74, 6) is -5.10. The van der Waals surface area contributed by atoms with Gasteiger partial charge in [0.05, 0.1) is 19.6 Å². The first kappa shape index (κ1) is 61.8. The smallest absolute Gasteiger partial charge is 0.311 e. The average molecular weight is 981 g/mol. The summed E-state index contributed by atoms with van der Waals surface area (Å²) in [6, 6.07) is -3.40. The van der Waals surface area contributed by atoms with Crippen LogP contribution in [0.15, 0.2) is 0 Å². The fourth-order valence-electron chi connectivity index (χ4n) is 9.17. The first-order chi connectivity index (χ1) is 33.0. The van der Waals surface area contributed by atoms with Crippen molar-refractivity contribution in [1.82, 2.24) is 16.0 Å². The maximum absolute atomic E-state index is 14.3. The van der Waals surface area contributed by atoms with Crippen molar-refractivity contribution >= 4 is 35.6 Å². The second kappa shape index (κ2) is 35.7. The minimum atomic E-state index is -1.29. The summed E-state index contributed by atoms with van der Waals surface area (Å²) in [7, 11) is 1.21. The summed E-state index contributed by atoms with van der Waals surface area (Å²) in [6.07, 6.45) is 25.2. The standard InChI is InChI=1S/C53H96N4O12/c1-9-11-13-15-17-19-21-23-25-27-29-31-33-41(34-32-30-28-26-24-22-20-18-16-14-12-10-2)51(63)68-52-45(56-40(5)58)47(46-43(67-52)37-65-53(6,7)69-46)66-39(4)50(62)55-38(3)49(61)57-42(48(54)60)35-36-44(59)64-8/h38-39,41-43,45-47,52H,9-37H2,1-8H3,(H2,54,60)(H,55,62)(H,56,58)(H,57,61)/t38-,39+,42+,43+,45+,46+,47+,52+/m0/s1. The Kier molecular flexibility index (Phi) is 32.0. The molecule has 0 aromatic rings. The van der Waals surface area contributed by atoms with Crippen molar-refractivity contribution in [3.05, 3.63) is 0 Å². The highest BCUT2D eigenvalue weighted by molar-refractivity contribution is 5.92. The Balaban J connectivity index is 2.17. The molecule has 2 heterocycles. The monoisotopic (exact) mass is 981 g/mol. The molecule has 2 aliphatic rings. The first-order valence-electron chi connectivity index (χ1n) is 27.1. The molecule has 0 saturated carbocycles. The molecule has 0 aromatic heterocycles. The Morgan fingerprint density at radius 2 is 1.16 bits per heavy atom. The Bertz CT molecular complexity index is 1450. The number of amides is 4. The molecular formula is C53H96N4O12. The van der Waals surface area contributed by atoms with E-state index in [1.165, 1.54) is 143 Å². The van der Waals surface area contributed by atoms with Crippen molar-refractivity contribution in [3.8, 4) is 0 Å². The number of methoxy groups -OCH3 is 1. The van der Waals surface area contributed by atoms with Gasteiger partial charge in [-0.05, 0) is 47.0 Å². The number of primary amides is 1. The number of fused-ring (bicyclic) bond motifs is 1. The van der Waals surface area contributed by atoms with Crippen LogP contribution in [0, 0.1) is 5.92 Å². The number of carbonyl (C=O) groups excluding carboxylic acids is 6. The van der Waals surface area contributed by atoms with E-state index in [1.54, 1.807) is 13.8 Å². The quantitative estimate of drug-likeness (QED) is 0.0335. The molecule has 2 saturated heterocycles. The van der Waals surface area contributed by atoms with Gasteiger partial charge in [0.1, 0.15) is 42.5 Å². The van der Waals surface area contributed by atoms with Gasteiger partial charge in [-0.25, -0.2) is 0 Å². The average Bonchev–Trinajstić information content (AvgIpc) is 3.30. The molecular weight excluding hydrogens is 885 g/mol. The summed E-state index contributed by atoms with van der Waals surface area (Å²) >= 11 is 0. The molecule has 5 N–H and O–H groups in total. The van der Waals surface area contributed by atoms with Gasteiger partial charge in [-0.3, -0.25) is 28.8 Å². The molecule has 16 heteroatoms. The molecule has 2 rings (SSSR count). The van der Waals surface area contributed by atoms with Gasteiger partial charge < -0.3 is 50.1 Å². The van der Waals surface area contributed by atoms with Crippen molar-refractivity contribution in [2.45, 2.75) is 283 Å². The highest BCUT2D eigenvalue weighted by Crippen LogP contribution is 2.36. The van der Waals surface area contributed by atoms with Gasteiger partial charge in [-0.2, -0.15) is 0 Å². The number of hydrogen-bond donors (Lipinski definition) is 4. The number of hydrogen-bond acceptors (Lipinski definition) is 12. The number of rotatable bonds is 39. The minimum Gasteiger partial charge on any atom is -0.469 e. The number of unbranched alkanes of at least 4 members (excludes halogenated alkanes) is 22. The Morgan fingerprint density at radius 3 is 1.61 bits per heavy atom. The molecule has 0 spiro atoms. The van der Waals surface area contributed by atoms with E-state index in [4.69, 9.17) is 29.4 Å². The molecule has 8 atom stereocenters. The largest absolute Gasteiger partial charge is 0.469 e. The Labute approximate surface area is 415 Å². The van der Waals surface area contributed by atoms with Gasteiger partial charge in [0.15, 0.2) is 5.79 Å². The maximum Gasteiger partial charge on any atom is 0.311 e. The third kappa shape index (κ3) is 26.1. The van der Waals surface area contributed by atoms with Crippen LogP contribution in [-0.4, -0.2) is 104 Å². The van der Waals surface area contributed by atoms with Crippen molar-refractivity contribution in [2.75, 3.05) is 13.7 Å². The molecule has 0 radical (unpaired) electrons. The molecule has 4 amide bonds. The third-order valence-corrected chi connectivity index (χ3v) is 13.4. The normalized spacial score (nSPS) is 21.1. The molecule has 400 valence electrons. The Hall–Kier alpha value is -3.34. The van der Waals surface area contributed by atoms with Crippen molar-refractivity contribution in [3.63, 3.8) is 0 Å². The van der Waals surface area contributed by atoms with Gasteiger partial charge in [-0.1, -0.05) is 168 Å². The summed E-state index contributed by atoms with van der Waals surface area (Å²) in [5, 5.41) is 7.95. The predicted molar refractivity (Wildman–Crippen MR) is 266 cm³/mol. The van der Waals surface area contributed by atoms with Crippen LogP contribution in [0.2, 0.25) is 0 Å². The molecule has 0 unspecified atom stereocenters. The van der Waals surface area contributed by atoms with Gasteiger partial charge in [0.2, 0.25) is 29.9 Å². The third-order valence-electron chi connectivity index (χ3n) is 13.4. The first-order valence-corrected chi connectivity index (χ1v) is 27.1. The lowest BCUT2D eigenvalue weighted by Crippen LogP contribution is -2.70. The zero-order chi connectivity index (χ0) is 51.0. The summed E-state index contributed by atoms with van der Waals surface area (Å²) in [4.78, 5) is 77.6. The SMILES string of the molecule is CCCCCCCCCCCCCCC(CCCCCCCCCCCCCC)C(=O)O[C@H]1O[C@@H]2COC(C)(C)O[C@H]2[C@H](O[C@H](C)C(=O)N[C@@H](C)C(=O)N[C@H](CCC(=O)OC)C(N)=O)[C@H]1NC(C)=O. The molecule has 2 aliphatic heterocycles. The molecule has 0 aromatic carbocycles. The second-order valence-corrected chi connectivity index (χ2v) is 20.1. The van der Waals surface area contributed by atoms with E-state index in [-0.39, 0.29) is 25.4 Å². The topological polar surface area (TPSA) is 220 Å². The number of ether oxygens (including phenoxy) is 6. The van der Waals surface area contributed by atoms with Gasteiger partial charge in [0.25, 0.3) is 0 Å². The summed E-state index contributed by atoms with van der Waals surface area (Å²) < 4.78 is 36.0. The zero-order valence-electron chi connectivity index (χ0n) is 44.2. The van der Waals surface area contributed by atoms with Crippen LogP contribution in [0.3, 0.4) is 0 Å². The molecule has 0 aliphatic carbocycles. The zero-order valence-corrected chi connectivity index (χ0v) is 44.2. The van der Waals surface area contributed by atoms with Crippen LogP contribution in [0.4, 0.5) is 0 Å². The van der Waals surface area contributed by atoms with E-state index < -0.39 is 90.2 Å². The lowest BCUT2D eigenvalue weighted by Gasteiger charge is -2.51. The van der Waals surface area contributed by atoms with E-state index in [0.717, 1.165) is 38.5 Å². The Morgan fingerprint density at radius 1 is 0.681 bits per heavy atom. The van der Waals surface area contributed by atoms with Crippen molar-refractivity contribution < 1.29 is 57.2 Å². The molecule has 16 nitrogen and oxygen atoms in total. The predicted octanol–water partition coefficient (Wildman–Crippen LogP) is 8.91. The molecule has 2 fully saturated rings. The summed E-state index contributed by atoms with van der Waals surface area (Å²) in [5.41, 5.74) is 5.46. The fourth-order valence-corrected chi connectivity index (χ4v) is 9.17. The maximum atomic E-state index is 14.3. The highest BCUT2D eigenvalue weighted by atomic mass is 16.8. The number of carbonyl (C=O) groups is 6. The molecule has 0 bridgehead atoms. The highest BCUT2D eigenvalue weighted by Gasteiger charge is 2.54.